The number of nitrogen functional groups attached to an aromatic ring is 1. The highest BCUT2D eigenvalue weighted by atomic mass is 32.2. The van der Waals surface area contributed by atoms with Crippen LogP contribution < -0.4 is 11.1 Å². The number of rotatable bonds is 5. The number of ether oxygens (including phenoxy) is 1. The molecule has 11 nitrogen and oxygen atoms in total. The van der Waals surface area contributed by atoms with Gasteiger partial charge in [0.05, 0.1) is 30.8 Å². The largest absolute Gasteiger partial charge is 0.382 e. The van der Waals surface area contributed by atoms with Crippen LogP contribution in [0.5, 0.6) is 0 Å². The minimum absolute atomic E-state index is 0.00995. The lowest BCUT2D eigenvalue weighted by molar-refractivity contribution is -0.141. The first-order valence-corrected chi connectivity index (χ1v) is 16.2. The second-order valence-electron chi connectivity index (χ2n) is 11.5. The highest BCUT2D eigenvalue weighted by Gasteiger charge is 2.47. The fourth-order valence-electron chi connectivity index (χ4n) is 6.88. The number of nitrogens with zero attached hydrogens (tertiary/aromatic N) is 5. The Morgan fingerprint density at radius 3 is 2.45 bits per heavy atom. The Balaban J connectivity index is 1.25. The van der Waals surface area contributed by atoms with Crippen molar-refractivity contribution in [3.63, 3.8) is 0 Å². The molecular weight excluding hydrogens is 554 g/mol. The number of nitrogens with two attached hydrogens (primary N) is 1. The van der Waals surface area contributed by atoms with Gasteiger partial charge in [-0.25, -0.2) is 13.4 Å². The molecule has 7 rings (SSSR count). The van der Waals surface area contributed by atoms with Crippen molar-refractivity contribution in [1.82, 2.24) is 29.8 Å². The number of piperidine rings is 1. The molecule has 42 heavy (non-hydrogen) atoms. The first-order valence-electron chi connectivity index (χ1n) is 14.3. The SMILES string of the molecule is CS(=O)(=O)c1c(C2CC3CCC(C2)N3C(=O)C2COCCN2)nc2c(-c3ccc(-c4ccccc4)nc3)cnn2c1N. The van der Waals surface area contributed by atoms with Crippen LogP contribution in [0.2, 0.25) is 0 Å². The van der Waals surface area contributed by atoms with Crippen LogP contribution in [-0.4, -0.2) is 82.9 Å². The van der Waals surface area contributed by atoms with Crippen molar-refractivity contribution in [2.75, 3.05) is 31.7 Å². The van der Waals surface area contributed by atoms with E-state index in [1.807, 2.05) is 47.4 Å². The maximum Gasteiger partial charge on any atom is 0.242 e. The summed E-state index contributed by atoms with van der Waals surface area (Å²) < 4.78 is 33.2. The van der Waals surface area contributed by atoms with E-state index in [4.69, 9.17) is 15.5 Å². The molecule has 3 aliphatic rings. The van der Waals surface area contributed by atoms with Crippen molar-refractivity contribution in [2.24, 2.45) is 0 Å². The van der Waals surface area contributed by atoms with Gasteiger partial charge in [0.25, 0.3) is 0 Å². The number of aromatic nitrogens is 4. The molecule has 3 atom stereocenters. The summed E-state index contributed by atoms with van der Waals surface area (Å²) in [6.45, 7) is 1.63. The Morgan fingerprint density at radius 2 is 1.81 bits per heavy atom. The number of sulfone groups is 1. The number of carbonyl (C=O) groups is 1. The zero-order valence-corrected chi connectivity index (χ0v) is 24.1. The number of fused-ring (bicyclic) bond motifs is 3. The lowest BCUT2D eigenvalue weighted by Crippen LogP contribution is -2.57. The maximum absolute atomic E-state index is 13.4. The summed E-state index contributed by atoms with van der Waals surface area (Å²) in [6.07, 6.45) is 7.59. The molecule has 3 aromatic heterocycles. The van der Waals surface area contributed by atoms with E-state index < -0.39 is 9.84 Å². The number of pyridine rings is 1. The van der Waals surface area contributed by atoms with Gasteiger partial charge in [0.2, 0.25) is 5.91 Å². The molecule has 0 spiro atoms. The lowest BCUT2D eigenvalue weighted by atomic mass is 9.87. The molecule has 3 aliphatic heterocycles. The third-order valence-corrected chi connectivity index (χ3v) is 9.93. The number of amides is 1. The number of nitrogens with one attached hydrogen (secondary N) is 1. The molecule has 218 valence electrons. The average Bonchev–Trinajstić information content (AvgIpc) is 3.55. The molecule has 12 heteroatoms. The summed E-state index contributed by atoms with van der Waals surface area (Å²) in [5.41, 5.74) is 10.9. The van der Waals surface area contributed by atoms with E-state index in [0.717, 1.165) is 35.9 Å². The Bertz CT molecular complexity index is 1740. The summed E-state index contributed by atoms with van der Waals surface area (Å²) in [4.78, 5) is 25.1. The summed E-state index contributed by atoms with van der Waals surface area (Å²) >= 11 is 0. The van der Waals surface area contributed by atoms with Crippen LogP contribution >= 0.6 is 0 Å². The van der Waals surface area contributed by atoms with Crippen LogP contribution in [0.25, 0.3) is 28.0 Å². The van der Waals surface area contributed by atoms with Crippen LogP contribution in [0.3, 0.4) is 0 Å². The summed E-state index contributed by atoms with van der Waals surface area (Å²) in [7, 11) is -3.73. The van der Waals surface area contributed by atoms with Crippen molar-refractivity contribution < 1.29 is 17.9 Å². The quantitative estimate of drug-likeness (QED) is 0.360. The van der Waals surface area contributed by atoms with E-state index in [1.165, 1.54) is 4.52 Å². The van der Waals surface area contributed by atoms with Gasteiger partial charge in [-0.1, -0.05) is 36.4 Å². The maximum atomic E-state index is 13.4. The minimum Gasteiger partial charge on any atom is -0.382 e. The zero-order valence-electron chi connectivity index (χ0n) is 23.3. The van der Waals surface area contributed by atoms with Crippen molar-refractivity contribution in [1.29, 1.82) is 0 Å². The van der Waals surface area contributed by atoms with Gasteiger partial charge in [-0.3, -0.25) is 9.78 Å². The first kappa shape index (κ1) is 27.0. The lowest BCUT2D eigenvalue weighted by Gasteiger charge is -2.41. The molecule has 4 aromatic rings. The van der Waals surface area contributed by atoms with Gasteiger partial charge in [0.1, 0.15) is 16.8 Å². The van der Waals surface area contributed by atoms with Gasteiger partial charge < -0.3 is 20.7 Å². The number of hydrogen-bond acceptors (Lipinski definition) is 9. The summed E-state index contributed by atoms with van der Waals surface area (Å²) in [5, 5.41) is 7.71. The van der Waals surface area contributed by atoms with Crippen molar-refractivity contribution in [2.45, 2.75) is 54.6 Å². The van der Waals surface area contributed by atoms with Crippen LogP contribution in [0.15, 0.2) is 59.8 Å². The van der Waals surface area contributed by atoms with Crippen LogP contribution in [-0.2, 0) is 19.4 Å². The van der Waals surface area contributed by atoms with Gasteiger partial charge >= 0.3 is 0 Å². The molecule has 6 heterocycles. The topological polar surface area (TPSA) is 145 Å². The molecule has 0 aliphatic carbocycles. The average molecular weight is 588 g/mol. The smallest absolute Gasteiger partial charge is 0.242 e. The second kappa shape index (κ2) is 10.4. The van der Waals surface area contributed by atoms with E-state index in [1.54, 1.807) is 12.4 Å². The molecule has 1 aromatic carbocycles. The van der Waals surface area contributed by atoms with Crippen molar-refractivity contribution in [3.8, 4) is 22.4 Å². The van der Waals surface area contributed by atoms with E-state index in [9.17, 15) is 13.2 Å². The van der Waals surface area contributed by atoms with Gasteiger partial charge in [-0.15, -0.1) is 0 Å². The predicted octanol–water partition coefficient (Wildman–Crippen LogP) is 2.67. The fourth-order valence-corrected chi connectivity index (χ4v) is 7.93. The number of morpholine rings is 1. The summed E-state index contributed by atoms with van der Waals surface area (Å²) in [5.74, 6) is -0.0519. The second-order valence-corrected chi connectivity index (χ2v) is 13.4. The monoisotopic (exact) mass is 587 g/mol. The van der Waals surface area contributed by atoms with Gasteiger partial charge in [0, 0.05) is 53.7 Å². The number of carbonyl (C=O) groups excluding carboxylic acids is 1. The number of hydrogen-bond donors (Lipinski definition) is 2. The number of anilines is 1. The van der Waals surface area contributed by atoms with Crippen LogP contribution in [0.1, 0.15) is 37.3 Å². The normalized spacial score (nSPS) is 24.3. The predicted molar refractivity (Wildman–Crippen MR) is 157 cm³/mol. The van der Waals surface area contributed by atoms with E-state index in [-0.39, 0.29) is 40.7 Å². The molecule has 0 saturated carbocycles. The minimum atomic E-state index is -3.73. The van der Waals surface area contributed by atoms with Gasteiger partial charge in [-0.2, -0.15) is 9.61 Å². The highest BCUT2D eigenvalue weighted by Crippen LogP contribution is 2.45. The third kappa shape index (κ3) is 4.63. The fraction of sp³-hybridized carbons (Fsp3) is 0.400. The Kier molecular flexibility index (Phi) is 6.71. The number of benzene rings is 1. The highest BCUT2D eigenvalue weighted by molar-refractivity contribution is 7.91. The molecular formula is C30H33N7O4S. The molecule has 3 saturated heterocycles. The Morgan fingerprint density at radius 1 is 1.05 bits per heavy atom. The Hall–Kier alpha value is -3.87. The van der Waals surface area contributed by atoms with E-state index >= 15 is 0 Å². The van der Waals surface area contributed by atoms with Crippen LogP contribution in [0.4, 0.5) is 5.82 Å². The molecule has 1 amide bonds. The van der Waals surface area contributed by atoms with Crippen molar-refractivity contribution >= 4 is 27.2 Å². The van der Waals surface area contributed by atoms with Gasteiger partial charge in [0.15, 0.2) is 15.5 Å². The standard InChI is InChI=1S/C30H33N7O4S/c1-42(39,40)27-26(20-13-21-8-9-22(14-20)36(21)30(38)25-17-41-12-11-32-25)35-29-23(16-34-37(29)28(27)31)19-7-10-24(33-15-19)18-5-3-2-4-6-18/h2-7,10,15-16,20-22,25,32H,8-9,11-14,17,31H2,1H3. The summed E-state index contributed by atoms with van der Waals surface area (Å²) in [6, 6.07) is 13.5. The zero-order chi connectivity index (χ0) is 29.0. The molecule has 0 radical (unpaired) electrons. The van der Waals surface area contributed by atoms with Crippen LogP contribution in [0, 0.1) is 0 Å². The molecule has 2 bridgehead atoms. The molecule has 3 fully saturated rings. The molecule has 3 unspecified atom stereocenters. The van der Waals surface area contributed by atoms with Gasteiger partial charge in [-0.05, 0) is 31.7 Å². The third-order valence-electron chi connectivity index (χ3n) is 8.77. The van der Waals surface area contributed by atoms with E-state index in [0.29, 0.717) is 49.5 Å². The first-order chi connectivity index (χ1) is 20.3. The van der Waals surface area contributed by atoms with Crippen molar-refractivity contribution in [3.05, 3.63) is 60.6 Å². The Labute approximate surface area is 244 Å². The molecule has 3 N–H and O–H groups in total. The van der Waals surface area contributed by atoms with E-state index in [2.05, 4.69) is 15.4 Å².